The van der Waals surface area contributed by atoms with Crippen molar-refractivity contribution in [3.63, 3.8) is 0 Å². The Morgan fingerprint density at radius 3 is 1.35 bits per heavy atom. The molecule has 5 aromatic carbocycles. The van der Waals surface area contributed by atoms with E-state index in [4.69, 9.17) is 40.0 Å². The molecular formula is C48H57ClO8. The minimum atomic E-state index is -0.677. The molecule has 9 heteroatoms. The van der Waals surface area contributed by atoms with Crippen molar-refractivity contribution in [2.75, 3.05) is 26.4 Å². The van der Waals surface area contributed by atoms with Crippen molar-refractivity contribution in [1.29, 1.82) is 0 Å². The Labute approximate surface area is 342 Å². The first kappa shape index (κ1) is 43.2. The molecule has 0 aliphatic carbocycles. The molecule has 0 amide bonds. The number of carbonyl (C=O) groups is 2. The molecule has 0 N–H and O–H groups in total. The van der Waals surface area contributed by atoms with Gasteiger partial charge in [-0.1, -0.05) is 137 Å². The Bertz CT molecular complexity index is 1950. The molecule has 2 atom stereocenters. The monoisotopic (exact) mass is 796 g/mol. The van der Waals surface area contributed by atoms with Gasteiger partial charge in [-0.3, -0.25) is 9.59 Å². The van der Waals surface area contributed by atoms with E-state index in [1.807, 2.05) is 103 Å². The Balaban J connectivity index is 1.37. The third-order valence-electron chi connectivity index (χ3n) is 9.64. The fraction of sp³-hybridized carbons (Fsp3) is 0.417. The van der Waals surface area contributed by atoms with Crippen molar-refractivity contribution in [1.82, 2.24) is 0 Å². The largest absolute Gasteiger partial charge is 0.490 e. The molecule has 304 valence electrons. The maximum atomic E-state index is 13.0. The highest BCUT2D eigenvalue weighted by Gasteiger charge is 2.23. The molecule has 0 bridgehead atoms. The predicted molar refractivity (Wildman–Crippen MR) is 228 cm³/mol. The Kier molecular flexibility index (Phi) is 18.2. The minimum absolute atomic E-state index is 0.0491. The number of carbonyl (C=O) groups excluding carboxylic acids is 2. The van der Waals surface area contributed by atoms with E-state index < -0.39 is 12.2 Å². The summed E-state index contributed by atoms with van der Waals surface area (Å²) in [7, 11) is 0. The van der Waals surface area contributed by atoms with Crippen LogP contribution in [0, 0.1) is 0 Å². The first-order valence-corrected chi connectivity index (χ1v) is 21.0. The molecule has 0 radical (unpaired) electrons. The number of halogens is 1. The number of unbranched alkanes of at least 4 members (excludes halogenated alkanes) is 8. The summed E-state index contributed by atoms with van der Waals surface area (Å²) in [4.78, 5) is 26.0. The number of esters is 2. The van der Waals surface area contributed by atoms with Crippen LogP contribution in [0.3, 0.4) is 0 Å². The van der Waals surface area contributed by atoms with Crippen molar-refractivity contribution in [2.45, 2.75) is 103 Å². The third-order valence-corrected chi connectivity index (χ3v) is 9.87. The van der Waals surface area contributed by atoms with Gasteiger partial charge < -0.3 is 28.4 Å². The molecule has 0 saturated carbocycles. The molecule has 0 aromatic heterocycles. The highest BCUT2D eigenvalue weighted by molar-refractivity contribution is 6.31. The summed E-state index contributed by atoms with van der Waals surface area (Å²) in [5, 5.41) is 3.59. The van der Waals surface area contributed by atoms with E-state index in [0.717, 1.165) is 85.8 Å². The molecule has 0 aliphatic rings. The van der Waals surface area contributed by atoms with E-state index >= 15 is 0 Å². The van der Waals surface area contributed by atoms with Gasteiger partial charge >= 0.3 is 11.9 Å². The van der Waals surface area contributed by atoms with E-state index in [0.29, 0.717) is 40.9 Å². The van der Waals surface area contributed by atoms with E-state index in [1.54, 1.807) is 0 Å². The second kappa shape index (κ2) is 24.0. The zero-order chi connectivity index (χ0) is 40.1. The average Bonchev–Trinajstić information content (AvgIpc) is 3.23. The lowest BCUT2D eigenvalue weighted by molar-refractivity contribution is -0.153. The quantitative estimate of drug-likeness (QED) is 0.0310. The van der Waals surface area contributed by atoms with Crippen molar-refractivity contribution in [2.24, 2.45) is 0 Å². The lowest BCUT2D eigenvalue weighted by Gasteiger charge is -2.23. The first-order valence-electron chi connectivity index (χ1n) is 20.6. The molecule has 57 heavy (non-hydrogen) atoms. The number of fused-ring (bicyclic) bond motifs is 2. The first-order chi connectivity index (χ1) is 27.9. The van der Waals surface area contributed by atoms with E-state index in [1.165, 1.54) is 0 Å². The van der Waals surface area contributed by atoms with Gasteiger partial charge in [0, 0.05) is 39.4 Å². The van der Waals surface area contributed by atoms with Crippen LogP contribution in [0.1, 0.15) is 90.9 Å². The van der Waals surface area contributed by atoms with Crippen LogP contribution in [0.15, 0.2) is 103 Å². The zero-order valence-electron chi connectivity index (χ0n) is 33.4. The maximum absolute atomic E-state index is 13.0. The van der Waals surface area contributed by atoms with Gasteiger partial charge in [-0.15, -0.1) is 0 Å². The molecule has 0 spiro atoms. The van der Waals surface area contributed by atoms with Gasteiger partial charge in [0.05, 0.1) is 0 Å². The van der Waals surface area contributed by atoms with Gasteiger partial charge in [-0.05, 0) is 55.3 Å². The molecule has 5 aromatic rings. The van der Waals surface area contributed by atoms with Crippen molar-refractivity contribution in [3.05, 3.63) is 108 Å². The second-order valence-corrected chi connectivity index (χ2v) is 14.8. The smallest absolute Gasteiger partial charge is 0.306 e. The van der Waals surface area contributed by atoms with Gasteiger partial charge in [-0.2, -0.15) is 0 Å². The molecule has 2 unspecified atom stereocenters. The van der Waals surface area contributed by atoms with Gasteiger partial charge in [0.1, 0.15) is 49.4 Å². The van der Waals surface area contributed by atoms with Crippen molar-refractivity contribution < 1.29 is 38.0 Å². The SMILES string of the molecule is CCCCCCCC(=O)OC(COc1ccccc1)COc1c2ccccc2c(OCC(COc2ccccc2)OC(=O)CCCCCCC)c2cc(Cl)ccc12. The summed E-state index contributed by atoms with van der Waals surface area (Å²) in [6.07, 6.45) is 9.65. The summed E-state index contributed by atoms with van der Waals surface area (Å²) in [6.45, 7) is 4.69. The molecular weight excluding hydrogens is 740 g/mol. The van der Waals surface area contributed by atoms with Crippen molar-refractivity contribution in [3.8, 4) is 23.0 Å². The molecule has 0 aliphatic heterocycles. The lowest BCUT2D eigenvalue weighted by Crippen LogP contribution is -2.31. The Morgan fingerprint density at radius 1 is 0.474 bits per heavy atom. The lowest BCUT2D eigenvalue weighted by atomic mass is 10.0. The van der Waals surface area contributed by atoms with Crippen LogP contribution < -0.4 is 18.9 Å². The fourth-order valence-electron chi connectivity index (χ4n) is 6.61. The number of hydrogen-bond acceptors (Lipinski definition) is 8. The van der Waals surface area contributed by atoms with Crippen LogP contribution in [0.5, 0.6) is 23.0 Å². The number of benzene rings is 5. The summed E-state index contributed by atoms with van der Waals surface area (Å²) in [5.41, 5.74) is 0. The summed E-state index contributed by atoms with van der Waals surface area (Å²) >= 11 is 6.62. The zero-order valence-corrected chi connectivity index (χ0v) is 34.2. The minimum Gasteiger partial charge on any atom is -0.490 e. The van der Waals surface area contributed by atoms with Gasteiger partial charge in [0.2, 0.25) is 0 Å². The van der Waals surface area contributed by atoms with E-state index in [2.05, 4.69) is 13.8 Å². The number of para-hydroxylation sites is 2. The summed E-state index contributed by atoms with van der Waals surface area (Å²) in [6, 6.07) is 32.2. The Hall–Kier alpha value is -4.95. The molecule has 0 saturated heterocycles. The number of rotatable bonds is 26. The van der Waals surface area contributed by atoms with Crippen LogP contribution in [0.25, 0.3) is 21.5 Å². The maximum Gasteiger partial charge on any atom is 0.306 e. The third kappa shape index (κ3) is 14.2. The van der Waals surface area contributed by atoms with Gasteiger partial charge in [0.15, 0.2) is 12.2 Å². The molecule has 8 nitrogen and oxygen atoms in total. The Morgan fingerprint density at radius 2 is 0.877 bits per heavy atom. The number of hydrogen-bond donors (Lipinski definition) is 0. The van der Waals surface area contributed by atoms with Crippen LogP contribution in [0.4, 0.5) is 0 Å². The topological polar surface area (TPSA) is 89.5 Å². The molecule has 0 fully saturated rings. The second-order valence-electron chi connectivity index (χ2n) is 14.3. The molecule has 0 heterocycles. The highest BCUT2D eigenvalue weighted by Crippen LogP contribution is 2.44. The van der Waals surface area contributed by atoms with Gasteiger partial charge in [0.25, 0.3) is 0 Å². The van der Waals surface area contributed by atoms with Crippen molar-refractivity contribution >= 4 is 45.1 Å². The van der Waals surface area contributed by atoms with E-state index in [9.17, 15) is 9.59 Å². The van der Waals surface area contributed by atoms with Crippen LogP contribution in [0.2, 0.25) is 5.02 Å². The predicted octanol–water partition coefficient (Wildman–Crippen LogP) is 12.1. The van der Waals surface area contributed by atoms with Gasteiger partial charge in [-0.25, -0.2) is 0 Å². The molecule has 5 rings (SSSR count). The van der Waals surface area contributed by atoms with Crippen LogP contribution >= 0.6 is 11.6 Å². The summed E-state index contributed by atoms with van der Waals surface area (Å²) < 4.78 is 37.3. The normalized spacial score (nSPS) is 12.2. The van der Waals surface area contributed by atoms with Crippen LogP contribution in [-0.2, 0) is 19.1 Å². The fourth-order valence-corrected chi connectivity index (χ4v) is 6.79. The number of ether oxygens (including phenoxy) is 6. The van der Waals surface area contributed by atoms with Crippen LogP contribution in [-0.4, -0.2) is 50.6 Å². The van der Waals surface area contributed by atoms with E-state index in [-0.39, 0.29) is 38.4 Å². The summed E-state index contributed by atoms with van der Waals surface area (Å²) in [5.74, 6) is 1.98. The average molecular weight is 797 g/mol. The highest BCUT2D eigenvalue weighted by atomic mass is 35.5. The standard InChI is InChI=1S/C48H57ClO8/c1-3-5-7-9-17-27-45(50)56-39(32-52-37-21-13-11-14-22-37)34-54-47-41-25-19-20-26-42(41)48(44-31-36(49)29-30-43(44)47)55-35-40(33-53-38-23-15-12-16-24-38)57-46(51)28-18-10-8-6-4-2/h11-16,19-26,29-31,39-40H,3-10,17-18,27-28,32-35H2,1-2H3.